The molecule has 2 rings (SSSR count). The summed E-state index contributed by atoms with van der Waals surface area (Å²) in [6.07, 6.45) is 0.850. The highest BCUT2D eigenvalue weighted by molar-refractivity contribution is 4.91. The molecule has 96 valence electrons. The Morgan fingerprint density at radius 2 is 2.24 bits per heavy atom. The lowest BCUT2D eigenvalue weighted by molar-refractivity contribution is 0.299. The lowest BCUT2D eigenvalue weighted by Gasteiger charge is -2.11. The van der Waals surface area contributed by atoms with Gasteiger partial charge in [0.2, 0.25) is 5.89 Å². The van der Waals surface area contributed by atoms with Crippen LogP contribution in [0.5, 0.6) is 0 Å². The van der Waals surface area contributed by atoms with Crippen molar-refractivity contribution < 1.29 is 4.52 Å². The summed E-state index contributed by atoms with van der Waals surface area (Å²) in [6.45, 7) is 9.17. The predicted octanol–water partition coefficient (Wildman–Crippen LogP) is 1.05. The van der Waals surface area contributed by atoms with Gasteiger partial charge >= 0.3 is 0 Å². The first-order valence-corrected chi connectivity index (χ1v) is 6.34. The summed E-state index contributed by atoms with van der Waals surface area (Å²) >= 11 is 0. The van der Waals surface area contributed by atoms with Crippen molar-refractivity contribution >= 4 is 0 Å². The average molecular weight is 238 g/mol. The van der Waals surface area contributed by atoms with Crippen molar-refractivity contribution in [3.63, 3.8) is 0 Å². The molecule has 1 saturated heterocycles. The Balaban J connectivity index is 1.89. The minimum Gasteiger partial charge on any atom is -0.339 e. The van der Waals surface area contributed by atoms with Crippen molar-refractivity contribution in [2.45, 2.75) is 39.8 Å². The minimum absolute atomic E-state index is 0.275. The van der Waals surface area contributed by atoms with Gasteiger partial charge in [0.1, 0.15) is 0 Å². The molecule has 1 aromatic rings. The first kappa shape index (κ1) is 12.5. The number of aromatic nitrogens is 2. The first-order valence-electron chi connectivity index (χ1n) is 6.34. The average Bonchev–Trinajstić information content (AvgIpc) is 2.75. The van der Waals surface area contributed by atoms with E-state index in [1.54, 1.807) is 0 Å². The van der Waals surface area contributed by atoms with Crippen LogP contribution in [-0.2, 0) is 13.0 Å². The second-order valence-electron chi connectivity index (χ2n) is 5.54. The minimum atomic E-state index is 0.275. The van der Waals surface area contributed by atoms with E-state index in [0.717, 1.165) is 37.8 Å². The Labute approximate surface area is 102 Å². The first-order chi connectivity index (χ1) is 8.04. The summed E-state index contributed by atoms with van der Waals surface area (Å²) in [4.78, 5) is 6.69. The summed E-state index contributed by atoms with van der Waals surface area (Å²) in [5.74, 6) is 2.62. The quantitative estimate of drug-likeness (QED) is 0.849. The summed E-state index contributed by atoms with van der Waals surface area (Å²) in [5.41, 5.74) is 5.99. The molecule has 1 aromatic heterocycles. The monoisotopic (exact) mass is 238 g/mol. The number of hydrogen-bond acceptors (Lipinski definition) is 5. The smallest absolute Gasteiger partial charge is 0.226 e. The SMILES string of the molecule is CC(C)Cc1nc(CN2CC(C)C(N)C2)no1. The zero-order valence-corrected chi connectivity index (χ0v) is 10.9. The van der Waals surface area contributed by atoms with E-state index in [9.17, 15) is 0 Å². The van der Waals surface area contributed by atoms with Crippen LogP contribution < -0.4 is 5.73 Å². The van der Waals surface area contributed by atoms with Gasteiger partial charge in [-0.05, 0) is 11.8 Å². The molecule has 0 aromatic carbocycles. The standard InChI is InChI=1S/C12H22N4O/c1-8(2)4-12-14-11(15-17-12)7-16-5-9(3)10(13)6-16/h8-10H,4-7,13H2,1-3H3. The molecule has 1 aliphatic rings. The molecule has 0 radical (unpaired) electrons. The molecule has 17 heavy (non-hydrogen) atoms. The van der Waals surface area contributed by atoms with Crippen LogP contribution in [0.1, 0.15) is 32.5 Å². The van der Waals surface area contributed by atoms with Crippen molar-refractivity contribution in [2.75, 3.05) is 13.1 Å². The molecular formula is C12H22N4O. The maximum Gasteiger partial charge on any atom is 0.226 e. The molecule has 2 atom stereocenters. The lowest BCUT2D eigenvalue weighted by atomic mass is 10.1. The predicted molar refractivity (Wildman–Crippen MR) is 65.3 cm³/mol. The normalized spacial score (nSPS) is 25.9. The fraction of sp³-hybridized carbons (Fsp3) is 0.833. The van der Waals surface area contributed by atoms with Gasteiger partial charge in [-0.25, -0.2) is 0 Å². The topological polar surface area (TPSA) is 68.2 Å². The van der Waals surface area contributed by atoms with Crippen LogP contribution in [0.25, 0.3) is 0 Å². The fourth-order valence-electron chi connectivity index (χ4n) is 2.21. The van der Waals surface area contributed by atoms with E-state index >= 15 is 0 Å². The molecule has 0 saturated carbocycles. The molecule has 2 heterocycles. The number of nitrogens with two attached hydrogens (primary N) is 1. The van der Waals surface area contributed by atoms with E-state index in [2.05, 4.69) is 35.8 Å². The summed E-state index contributed by atoms with van der Waals surface area (Å²) in [5, 5.41) is 4.01. The molecule has 0 amide bonds. The molecule has 0 bridgehead atoms. The highest BCUT2D eigenvalue weighted by atomic mass is 16.5. The van der Waals surface area contributed by atoms with E-state index < -0.39 is 0 Å². The van der Waals surface area contributed by atoms with Gasteiger partial charge in [0.05, 0.1) is 6.54 Å². The maximum absolute atomic E-state index is 5.99. The van der Waals surface area contributed by atoms with Gasteiger partial charge in [0.15, 0.2) is 5.82 Å². The number of hydrogen-bond donors (Lipinski definition) is 1. The van der Waals surface area contributed by atoms with Gasteiger partial charge in [0.25, 0.3) is 0 Å². The van der Waals surface area contributed by atoms with Crippen LogP contribution in [-0.4, -0.2) is 34.2 Å². The van der Waals surface area contributed by atoms with E-state index in [1.165, 1.54) is 0 Å². The molecule has 1 aliphatic heterocycles. The summed E-state index contributed by atoms with van der Waals surface area (Å²) < 4.78 is 5.22. The van der Waals surface area contributed by atoms with Gasteiger partial charge in [0, 0.05) is 25.6 Å². The van der Waals surface area contributed by atoms with Crippen LogP contribution in [0.2, 0.25) is 0 Å². The Morgan fingerprint density at radius 1 is 1.47 bits per heavy atom. The highest BCUT2D eigenvalue weighted by Crippen LogP contribution is 2.16. The van der Waals surface area contributed by atoms with Crippen LogP contribution in [0.15, 0.2) is 4.52 Å². The largest absolute Gasteiger partial charge is 0.339 e. The van der Waals surface area contributed by atoms with Gasteiger partial charge in [-0.2, -0.15) is 4.98 Å². The molecule has 1 fully saturated rings. The van der Waals surface area contributed by atoms with Gasteiger partial charge in [-0.15, -0.1) is 0 Å². The second kappa shape index (κ2) is 5.14. The van der Waals surface area contributed by atoms with Crippen LogP contribution in [0, 0.1) is 11.8 Å². The van der Waals surface area contributed by atoms with Crippen LogP contribution in [0.4, 0.5) is 0 Å². The molecule has 0 aliphatic carbocycles. The van der Waals surface area contributed by atoms with Gasteiger partial charge in [-0.3, -0.25) is 4.90 Å². The van der Waals surface area contributed by atoms with Gasteiger partial charge in [-0.1, -0.05) is 25.9 Å². The Bertz CT molecular complexity index is 353. The van der Waals surface area contributed by atoms with Crippen molar-refractivity contribution in [2.24, 2.45) is 17.6 Å². The van der Waals surface area contributed by atoms with Gasteiger partial charge < -0.3 is 10.3 Å². The van der Waals surface area contributed by atoms with E-state index in [4.69, 9.17) is 10.3 Å². The van der Waals surface area contributed by atoms with E-state index in [0.29, 0.717) is 11.8 Å². The van der Waals surface area contributed by atoms with E-state index in [-0.39, 0.29) is 6.04 Å². The fourth-order valence-corrected chi connectivity index (χ4v) is 2.21. The van der Waals surface area contributed by atoms with Crippen molar-refractivity contribution in [1.82, 2.24) is 15.0 Å². The van der Waals surface area contributed by atoms with Crippen molar-refractivity contribution in [3.05, 3.63) is 11.7 Å². The molecule has 5 nitrogen and oxygen atoms in total. The Hall–Kier alpha value is -0.940. The lowest BCUT2D eigenvalue weighted by Crippen LogP contribution is -2.28. The van der Waals surface area contributed by atoms with Crippen LogP contribution in [0.3, 0.4) is 0 Å². The van der Waals surface area contributed by atoms with Crippen molar-refractivity contribution in [3.8, 4) is 0 Å². The number of nitrogens with zero attached hydrogens (tertiary/aromatic N) is 3. The third-order valence-corrected chi connectivity index (χ3v) is 3.20. The summed E-state index contributed by atoms with van der Waals surface area (Å²) in [7, 11) is 0. The molecule has 2 N–H and O–H groups in total. The molecular weight excluding hydrogens is 216 g/mol. The Morgan fingerprint density at radius 3 is 2.82 bits per heavy atom. The Kier molecular flexibility index (Phi) is 3.79. The van der Waals surface area contributed by atoms with E-state index in [1.807, 2.05) is 0 Å². The summed E-state index contributed by atoms with van der Waals surface area (Å²) in [6, 6.07) is 0.275. The highest BCUT2D eigenvalue weighted by Gasteiger charge is 2.27. The third-order valence-electron chi connectivity index (χ3n) is 3.20. The zero-order chi connectivity index (χ0) is 12.4. The molecule has 5 heteroatoms. The second-order valence-corrected chi connectivity index (χ2v) is 5.54. The van der Waals surface area contributed by atoms with Crippen LogP contribution >= 0.6 is 0 Å². The number of rotatable bonds is 4. The molecule has 2 unspecified atom stereocenters. The third kappa shape index (κ3) is 3.26. The zero-order valence-electron chi connectivity index (χ0n) is 10.9. The molecule has 0 spiro atoms. The maximum atomic E-state index is 5.99. The number of likely N-dealkylation sites (tertiary alicyclic amines) is 1. The van der Waals surface area contributed by atoms with Crippen molar-refractivity contribution in [1.29, 1.82) is 0 Å².